The fraction of sp³-hybridized carbons (Fsp3) is 0.600. The number of aryl methyl sites for hydroxylation is 1. The van der Waals surface area contributed by atoms with Gasteiger partial charge in [0.1, 0.15) is 5.75 Å². The molecule has 1 rings (SSSR count). The van der Waals surface area contributed by atoms with Crippen LogP contribution in [0.15, 0.2) is 17.0 Å². The molecule has 0 bridgehead atoms. The lowest BCUT2D eigenvalue weighted by molar-refractivity contribution is 0.406. The quantitative estimate of drug-likeness (QED) is 0.826. The third kappa shape index (κ3) is 5.43. The lowest BCUT2D eigenvalue weighted by Crippen LogP contribution is -2.45. The predicted molar refractivity (Wildman–Crippen MR) is 92.5 cm³/mol. The standard InChI is InChI=1S/C15H26N2O3S.ClH/c1-10(2)12-8-14(11(3)7-13(12)20-6)21(18,19)17-9-15(4,5)16;/h7-8,10,17H,9,16H2,1-6H3;1H. The van der Waals surface area contributed by atoms with Crippen LogP contribution < -0.4 is 15.2 Å². The van der Waals surface area contributed by atoms with E-state index in [9.17, 15) is 8.42 Å². The SMILES string of the molecule is COc1cc(C)c(S(=O)(=O)NCC(C)(C)N)cc1C(C)C.Cl. The molecule has 7 heteroatoms. The highest BCUT2D eigenvalue weighted by atomic mass is 35.5. The van der Waals surface area contributed by atoms with Crippen LogP contribution in [0.1, 0.15) is 44.7 Å². The first kappa shape index (κ1) is 21.2. The molecule has 0 saturated heterocycles. The number of halogens is 1. The number of ether oxygens (including phenoxy) is 1. The van der Waals surface area contributed by atoms with Crippen molar-refractivity contribution in [2.24, 2.45) is 5.73 Å². The van der Waals surface area contributed by atoms with Gasteiger partial charge in [0.05, 0.1) is 12.0 Å². The first-order valence-electron chi connectivity index (χ1n) is 6.95. The van der Waals surface area contributed by atoms with Crippen LogP contribution in [0.2, 0.25) is 0 Å². The molecule has 0 fully saturated rings. The molecule has 128 valence electrons. The molecule has 0 saturated carbocycles. The van der Waals surface area contributed by atoms with Gasteiger partial charge < -0.3 is 10.5 Å². The van der Waals surface area contributed by atoms with Crippen molar-refractivity contribution in [1.29, 1.82) is 0 Å². The Balaban J connectivity index is 0.00000441. The maximum atomic E-state index is 12.5. The van der Waals surface area contributed by atoms with Crippen molar-refractivity contribution < 1.29 is 13.2 Å². The summed E-state index contributed by atoms with van der Waals surface area (Å²) in [6.45, 7) is 9.48. The Bertz CT molecular complexity index is 608. The molecular formula is C15H27ClN2O3S. The fourth-order valence-corrected chi connectivity index (χ4v) is 3.44. The van der Waals surface area contributed by atoms with Crippen LogP contribution in [0.5, 0.6) is 5.75 Å². The zero-order valence-electron chi connectivity index (χ0n) is 14.1. The minimum Gasteiger partial charge on any atom is -0.496 e. The lowest BCUT2D eigenvalue weighted by Gasteiger charge is -2.21. The van der Waals surface area contributed by atoms with E-state index in [0.717, 1.165) is 5.56 Å². The first-order chi connectivity index (χ1) is 9.48. The van der Waals surface area contributed by atoms with Crippen LogP contribution in [0, 0.1) is 6.92 Å². The summed E-state index contributed by atoms with van der Waals surface area (Å²) in [4.78, 5) is 0.274. The number of benzene rings is 1. The van der Waals surface area contributed by atoms with E-state index in [0.29, 0.717) is 11.3 Å². The number of nitrogens with two attached hydrogens (primary N) is 1. The zero-order valence-corrected chi connectivity index (χ0v) is 15.7. The van der Waals surface area contributed by atoms with Crippen LogP contribution in [0.3, 0.4) is 0 Å². The van der Waals surface area contributed by atoms with Crippen molar-refractivity contribution >= 4 is 22.4 Å². The number of hydrogen-bond donors (Lipinski definition) is 2. The first-order valence-corrected chi connectivity index (χ1v) is 8.43. The van der Waals surface area contributed by atoms with Gasteiger partial charge in [0.2, 0.25) is 10.0 Å². The Hall–Kier alpha value is -0.820. The largest absolute Gasteiger partial charge is 0.496 e. The van der Waals surface area contributed by atoms with Gasteiger partial charge in [0, 0.05) is 12.1 Å². The predicted octanol–water partition coefficient (Wildman–Crippen LogP) is 2.56. The van der Waals surface area contributed by atoms with Crippen LogP contribution in [-0.4, -0.2) is 27.6 Å². The molecule has 1 aromatic rings. The second-order valence-corrected chi connectivity index (χ2v) is 8.06. The smallest absolute Gasteiger partial charge is 0.240 e. The highest BCUT2D eigenvalue weighted by molar-refractivity contribution is 7.89. The van der Waals surface area contributed by atoms with Crippen molar-refractivity contribution in [3.63, 3.8) is 0 Å². The number of hydrogen-bond acceptors (Lipinski definition) is 4. The third-order valence-electron chi connectivity index (χ3n) is 3.16. The zero-order chi connectivity index (χ0) is 16.4. The van der Waals surface area contributed by atoms with Crippen LogP contribution in [-0.2, 0) is 10.0 Å². The topological polar surface area (TPSA) is 81.4 Å². The minimum atomic E-state index is -3.59. The number of sulfonamides is 1. The van der Waals surface area contributed by atoms with E-state index in [1.54, 1.807) is 40.0 Å². The van der Waals surface area contributed by atoms with Gasteiger partial charge in [0.15, 0.2) is 0 Å². The van der Waals surface area contributed by atoms with Gasteiger partial charge in [-0.3, -0.25) is 0 Å². The molecule has 0 heterocycles. The Morgan fingerprint density at radius 1 is 1.32 bits per heavy atom. The van der Waals surface area contributed by atoms with Crippen molar-refractivity contribution in [1.82, 2.24) is 4.72 Å². The van der Waals surface area contributed by atoms with Gasteiger partial charge in [0.25, 0.3) is 0 Å². The summed E-state index contributed by atoms with van der Waals surface area (Å²) >= 11 is 0. The number of nitrogens with one attached hydrogen (secondary N) is 1. The summed E-state index contributed by atoms with van der Waals surface area (Å²) in [5.41, 5.74) is 6.76. The van der Waals surface area contributed by atoms with E-state index in [4.69, 9.17) is 10.5 Å². The molecule has 3 N–H and O–H groups in total. The third-order valence-corrected chi connectivity index (χ3v) is 4.70. The number of rotatable bonds is 6. The monoisotopic (exact) mass is 350 g/mol. The molecule has 0 aliphatic carbocycles. The molecule has 0 unspecified atom stereocenters. The molecule has 1 aromatic carbocycles. The summed E-state index contributed by atoms with van der Waals surface area (Å²) in [7, 11) is -2.00. The molecule has 0 spiro atoms. The van der Waals surface area contributed by atoms with E-state index >= 15 is 0 Å². The summed E-state index contributed by atoms with van der Waals surface area (Å²) in [5.74, 6) is 0.876. The van der Waals surface area contributed by atoms with Gasteiger partial charge in [-0.15, -0.1) is 12.4 Å². The lowest BCUT2D eigenvalue weighted by atomic mass is 10.0. The van der Waals surface area contributed by atoms with E-state index < -0.39 is 15.6 Å². The van der Waals surface area contributed by atoms with Gasteiger partial charge in [-0.2, -0.15) is 0 Å². The van der Waals surface area contributed by atoms with Gasteiger partial charge >= 0.3 is 0 Å². The van der Waals surface area contributed by atoms with E-state index in [1.807, 2.05) is 13.8 Å². The van der Waals surface area contributed by atoms with Gasteiger partial charge in [-0.25, -0.2) is 13.1 Å². The van der Waals surface area contributed by atoms with Crippen molar-refractivity contribution in [3.8, 4) is 5.75 Å². The summed E-state index contributed by atoms with van der Waals surface area (Å²) in [5, 5.41) is 0. The Labute approximate surface area is 140 Å². The molecule has 0 aromatic heterocycles. The van der Waals surface area contributed by atoms with Crippen molar-refractivity contribution in [2.45, 2.75) is 51.0 Å². The average Bonchev–Trinajstić information content (AvgIpc) is 2.34. The number of methoxy groups -OCH3 is 1. The maximum Gasteiger partial charge on any atom is 0.240 e. The molecule has 5 nitrogen and oxygen atoms in total. The second-order valence-electron chi connectivity index (χ2n) is 6.33. The Kier molecular flexibility index (Phi) is 7.35. The highest BCUT2D eigenvalue weighted by Crippen LogP contribution is 2.31. The fourth-order valence-electron chi connectivity index (χ4n) is 1.95. The van der Waals surface area contributed by atoms with Gasteiger partial charge in [-0.1, -0.05) is 13.8 Å². The van der Waals surface area contributed by atoms with Crippen molar-refractivity contribution in [3.05, 3.63) is 23.3 Å². The van der Waals surface area contributed by atoms with Crippen LogP contribution in [0.25, 0.3) is 0 Å². The van der Waals surface area contributed by atoms with Crippen LogP contribution in [0.4, 0.5) is 0 Å². The molecule has 0 atom stereocenters. The Morgan fingerprint density at radius 2 is 1.86 bits per heavy atom. The van der Waals surface area contributed by atoms with E-state index in [1.165, 1.54) is 0 Å². The van der Waals surface area contributed by atoms with E-state index in [-0.39, 0.29) is 29.8 Å². The van der Waals surface area contributed by atoms with E-state index in [2.05, 4.69) is 4.72 Å². The maximum absolute atomic E-state index is 12.5. The highest BCUT2D eigenvalue weighted by Gasteiger charge is 2.23. The summed E-state index contributed by atoms with van der Waals surface area (Å²) in [6.07, 6.45) is 0. The Morgan fingerprint density at radius 3 is 2.27 bits per heavy atom. The molecule has 0 aliphatic heterocycles. The molecular weight excluding hydrogens is 324 g/mol. The molecule has 0 amide bonds. The minimum absolute atomic E-state index is 0. The molecule has 0 aliphatic rings. The summed E-state index contributed by atoms with van der Waals surface area (Å²) < 4.78 is 32.8. The second kappa shape index (κ2) is 7.64. The summed E-state index contributed by atoms with van der Waals surface area (Å²) in [6, 6.07) is 3.45. The van der Waals surface area contributed by atoms with Crippen LogP contribution >= 0.6 is 12.4 Å². The van der Waals surface area contributed by atoms with Gasteiger partial charge in [-0.05, 0) is 49.9 Å². The van der Waals surface area contributed by atoms with Crippen molar-refractivity contribution in [2.75, 3.05) is 13.7 Å². The molecule has 0 radical (unpaired) electrons. The normalized spacial score (nSPS) is 12.2. The molecule has 22 heavy (non-hydrogen) atoms. The average molecular weight is 351 g/mol.